The molecule has 0 aliphatic carbocycles. The van der Waals surface area contributed by atoms with Crippen LogP contribution in [0, 0.1) is 0 Å². The van der Waals surface area contributed by atoms with Gasteiger partial charge in [0.2, 0.25) is 0 Å². The van der Waals surface area contributed by atoms with Crippen molar-refractivity contribution in [2.45, 2.75) is 19.3 Å². The van der Waals surface area contributed by atoms with Crippen molar-refractivity contribution >= 4 is 0 Å². The molecule has 0 saturated heterocycles. The molecule has 7 aromatic carbocycles. The molecule has 0 radical (unpaired) electrons. The van der Waals surface area contributed by atoms with Crippen molar-refractivity contribution in [3.8, 4) is 33.8 Å². The number of aromatic nitrogens is 9. The van der Waals surface area contributed by atoms with Crippen molar-refractivity contribution in [2.75, 3.05) is 0 Å². The van der Waals surface area contributed by atoms with Crippen LogP contribution in [0.1, 0.15) is 33.8 Å². The van der Waals surface area contributed by atoms with Gasteiger partial charge in [-0.1, -0.05) is 34.9 Å². The molecule has 0 bridgehead atoms. The maximum Gasteiger partial charge on any atom is 2.00 e. The monoisotopic (exact) mass is 873 g/mol. The summed E-state index contributed by atoms with van der Waals surface area (Å²) >= 11 is 0. The molecule has 288 valence electrons. The van der Waals surface area contributed by atoms with Gasteiger partial charge in [-0.05, 0) is 36.0 Å². The van der Waals surface area contributed by atoms with Gasteiger partial charge in [0.05, 0.1) is 0 Å². The summed E-state index contributed by atoms with van der Waals surface area (Å²) in [4.78, 5) is 0. The van der Waals surface area contributed by atoms with Crippen molar-refractivity contribution in [1.82, 2.24) is 46.2 Å². The van der Waals surface area contributed by atoms with Gasteiger partial charge in [-0.15, -0.1) is 36.4 Å². The van der Waals surface area contributed by atoms with Crippen LogP contribution in [0.4, 0.5) is 0 Å². The van der Waals surface area contributed by atoms with Crippen LogP contribution in [0.3, 0.4) is 0 Å². The summed E-state index contributed by atoms with van der Waals surface area (Å²) in [6.07, 6.45) is 1.85. The van der Waals surface area contributed by atoms with Crippen LogP contribution in [0.25, 0.3) is 33.8 Å². The fourth-order valence-electron chi connectivity index (χ4n) is 6.15. The van der Waals surface area contributed by atoms with E-state index in [1.165, 1.54) is 5.56 Å². The Bertz CT molecular complexity index is 2210. The molecular formula is C45H39Fe3N9. The third kappa shape index (κ3) is 12.1. The second-order valence-electron chi connectivity index (χ2n) is 12.3. The summed E-state index contributed by atoms with van der Waals surface area (Å²) in [5.74, 6) is 0. The summed E-state index contributed by atoms with van der Waals surface area (Å²) in [6.45, 7) is 0. The van der Waals surface area contributed by atoms with Crippen LogP contribution >= 0.6 is 0 Å². The Kier molecular flexibility index (Phi) is 18.1. The van der Waals surface area contributed by atoms with Crippen molar-refractivity contribution < 1.29 is 51.2 Å². The van der Waals surface area contributed by atoms with Crippen LogP contribution in [0.5, 0.6) is 0 Å². The first-order valence-electron chi connectivity index (χ1n) is 17.8. The minimum absolute atomic E-state index is 0. The third-order valence-electron chi connectivity index (χ3n) is 8.77. The number of hydrogen-bond acceptors (Lipinski definition) is 6. The van der Waals surface area contributed by atoms with Crippen LogP contribution in [0.15, 0.2) is 182 Å². The number of benzene rings is 1. The minimum Gasteiger partial charge on any atom is -0.214 e. The molecule has 0 unspecified atom stereocenters. The van der Waals surface area contributed by atoms with E-state index in [2.05, 4.69) is 101 Å². The van der Waals surface area contributed by atoms with Gasteiger partial charge in [-0.2, -0.15) is 106 Å². The molecule has 3 heterocycles. The maximum atomic E-state index is 4.56. The SMILES string of the molecule is [Fe+2].[Fe+2].[Fe+2].c1cc(Cc2n[nH]nc2-[c-]2cccc2)c(Cc2n[nH]nc2-[c-]2cccc2)c(Cc2n[nH]nc2-[c-]2cccc2)c1.c1cc[cH-]c1.c1cc[cH-]c1.c1cc[cH-]c1. The van der Waals surface area contributed by atoms with E-state index in [1.807, 2.05) is 127 Å². The van der Waals surface area contributed by atoms with Gasteiger partial charge in [-0.3, -0.25) is 0 Å². The van der Waals surface area contributed by atoms with E-state index in [0.29, 0.717) is 19.3 Å². The molecule has 0 aliphatic rings. The Balaban J connectivity index is 0.000000335. The van der Waals surface area contributed by atoms with Gasteiger partial charge in [0.15, 0.2) is 0 Å². The topological polar surface area (TPSA) is 125 Å². The molecule has 10 rings (SSSR count). The third-order valence-corrected chi connectivity index (χ3v) is 8.77. The molecule has 3 N–H and O–H groups in total. The average molecular weight is 873 g/mol. The predicted molar refractivity (Wildman–Crippen MR) is 213 cm³/mol. The quantitative estimate of drug-likeness (QED) is 0.0982. The Morgan fingerprint density at radius 3 is 0.947 bits per heavy atom. The zero-order valence-electron chi connectivity index (χ0n) is 30.7. The number of hydrogen-bond donors (Lipinski definition) is 3. The maximum absolute atomic E-state index is 4.56. The van der Waals surface area contributed by atoms with Crippen molar-refractivity contribution in [1.29, 1.82) is 0 Å². The summed E-state index contributed by atoms with van der Waals surface area (Å²) < 4.78 is 0. The van der Waals surface area contributed by atoms with Gasteiger partial charge < -0.3 is 0 Å². The van der Waals surface area contributed by atoms with Gasteiger partial charge in [0.25, 0.3) is 0 Å². The molecule has 12 heteroatoms. The van der Waals surface area contributed by atoms with Crippen LogP contribution < -0.4 is 0 Å². The van der Waals surface area contributed by atoms with E-state index in [4.69, 9.17) is 0 Å². The zero-order valence-corrected chi connectivity index (χ0v) is 34.0. The fourth-order valence-corrected chi connectivity index (χ4v) is 6.15. The van der Waals surface area contributed by atoms with Crippen molar-refractivity contribution in [2.24, 2.45) is 0 Å². The Morgan fingerprint density at radius 2 is 0.667 bits per heavy atom. The Hall–Kier alpha value is -5.70. The summed E-state index contributed by atoms with van der Waals surface area (Å²) in [5.41, 5.74) is 11.9. The Morgan fingerprint density at radius 1 is 0.368 bits per heavy atom. The molecule has 0 fully saturated rings. The number of aromatic amines is 3. The smallest absolute Gasteiger partial charge is 0.214 e. The second-order valence-corrected chi connectivity index (χ2v) is 12.3. The summed E-state index contributed by atoms with van der Waals surface area (Å²) in [5, 5.41) is 35.4. The molecule has 3 aromatic heterocycles. The molecular weight excluding hydrogens is 834 g/mol. The Labute approximate surface area is 364 Å². The van der Waals surface area contributed by atoms with E-state index in [9.17, 15) is 0 Å². The van der Waals surface area contributed by atoms with E-state index < -0.39 is 0 Å². The normalized spacial score (nSPS) is 9.89. The van der Waals surface area contributed by atoms with Gasteiger partial charge >= 0.3 is 51.2 Å². The van der Waals surface area contributed by atoms with Crippen LogP contribution in [-0.4, -0.2) is 46.2 Å². The van der Waals surface area contributed by atoms with Gasteiger partial charge in [0.1, 0.15) is 0 Å². The first-order chi connectivity index (χ1) is 26.8. The zero-order chi connectivity index (χ0) is 36.6. The molecule has 0 spiro atoms. The van der Waals surface area contributed by atoms with Crippen LogP contribution in [0.2, 0.25) is 0 Å². The predicted octanol–water partition coefficient (Wildman–Crippen LogP) is 9.18. The number of nitrogens with zero attached hydrogens (tertiary/aromatic N) is 6. The first-order valence-corrected chi connectivity index (χ1v) is 17.8. The fraction of sp³-hybridized carbons (Fsp3) is 0.0667. The largest absolute Gasteiger partial charge is 2.00 e. The van der Waals surface area contributed by atoms with Crippen molar-refractivity contribution in [3.05, 3.63) is 216 Å². The molecule has 0 atom stereocenters. The van der Waals surface area contributed by atoms with Gasteiger partial charge in [0, 0.05) is 34.2 Å². The minimum atomic E-state index is 0. The number of rotatable bonds is 9. The number of H-pyrrole nitrogens is 3. The van der Waals surface area contributed by atoms with Crippen LogP contribution in [-0.2, 0) is 70.5 Å². The summed E-state index contributed by atoms with van der Waals surface area (Å²) in [6, 6.07) is 60.8. The first kappa shape index (κ1) is 44.0. The van der Waals surface area contributed by atoms with E-state index in [1.54, 1.807) is 0 Å². The molecule has 9 nitrogen and oxygen atoms in total. The van der Waals surface area contributed by atoms with Gasteiger partial charge in [-0.25, -0.2) is 67.3 Å². The summed E-state index contributed by atoms with van der Waals surface area (Å²) in [7, 11) is 0. The number of nitrogens with one attached hydrogen (secondary N) is 3. The second kappa shape index (κ2) is 23.4. The molecule has 10 aromatic rings. The van der Waals surface area contributed by atoms with E-state index in [0.717, 1.165) is 62.0 Å². The van der Waals surface area contributed by atoms with E-state index >= 15 is 0 Å². The molecule has 0 saturated carbocycles. The molecule has 0 aliphatic heterocycles. The van der Waals surface area contributed by atoms with Crippen molar-refractivity contribution in [3.63, 3.8) is 0 Å². The molecule has 57 heavy (non-hydrogen) atoms. The molecule has 0 amide bonds. The van der Waals surface area contributed by atoms with E-state index in [-0.39, 0.29) is 51.2 Å². The average Bonchev–Trinajstić information content (AvgIpc) is 4.08. The standard InChI is InChI=1S/C30H24N9.3C5H5.3Fe/c1-2-9-19(8-1)28-25(31-37-34-28)16-22-14-7-15-23(17-26-29(35-38-32-26)20-10-3-4-11-20)24(22)18-27-30(36-39-33-27)21-12-5-6-13-21;3*1-2-4-5-3-1;;;/h1-15H,16-18H2,(H,31,34,37)(H,32,35,38)(H,33,36,39);3*1-5H;;;/q-3;3*-1;3*+2.